The Bertz CT molecular complexity index is 635. The molecular formula is C14H14N4O3. The quantitative estimate of drug-likeness (QED) is 0.832. The smallest absolute Gasteiger partial charge is 0.244 e. The van der Waals surface area contributed by atoms with Gasteiger partial charge in [-0.25, -0.2) is 0 Å². The molecule has 21 heavy (non-hydrogen) atoms. The van der Waals surface area contributed by atoms with Crippen LogP contribution >= 0.6 is 0 Å². The summed E-state index contributed by atoms with van der Waals surface area (Å²) in [7, 11) is 1.54. The molecule has 1 fully saturated rings. The number of benzene rings is 1. The minimum atomic E-state index is -0.441. The van der Waals surface area contributed by atoms with Crippen LogP contribution in [-0.4, -0.2) is 54.2 Å². The maximum Gasteiger partial charge on any atom is 0.244 e. The van der Waals surface area contributed by atoms with E-state index in [2.05, 4.69) is 5.32 Å². The average Bonchev–Trinajstić information content (AvgIpc) is 2.45. The summed E-state index contributed by atoms with van der Waals surface area (Å²) in [5, 5.41) is 11.5. The number of hydrogen-bond donors (Lipinski definition) is 1. The normalized spacial score (nSPS) is 14.9. The summed E-state index contributed by atoms with van der Waals surface area (Å²) in [6.07, 6.45) is 0. The second-order valence-electron chi connectivity index (χ2n) is 4.71. The van der Waals surface area contributed by atoms with Crippen LogP contribution in [-0.2, 0) is 14.4 Å². The number of nitrogens with zero attached hydrogens (tertiary/aromatic N) is 3. The van der Waals surface area contributed by atoms with Gasteiger partial charge in [-0.05, 0) is 12.1 Å². The van der Waals surface area contributed by atoms with Crippen LogP contribution in [0.1, 0.15) is 5.56 Å². The van der Waals surface area contributed by atoms with Crippen LogP contribution < -0.4 is 5.32 Å². The van der Waals surface area contributed by atoms with Gasteiger partial charge in [0.15, 0.2) is 0 Å². The van der Waals surface area contributed by atoms with Gasteiger partial charge in [-0.1, -0.05) is 12.1 Å². The Kier molecular flexibility index (Phi) is 4.18. The molecule has 1 aromatic rings. The number of anilines is 1. The lowest BCUT2D eigenvalue weighted by Gasteiger charge is -2.31. The molecule has 0 radical (unpaired) electrons. The molecule has 1 aliphatic heterocycles. The molecule has 108 valence electrons. The summed E-state index contributed by atoms with van der Waals surface area (Å²) in [4.78, 5) is 37.8. The highest BCUT2D eigenvalue weighted by Gasteiger charge is 2.28. The number of amides is 3. The lowest BCUT2D eigenvalue weighted by Crippen LogP contribution is -2.54. The highest BCUT2D eigenvalue weighted by molar-refractivity contribution is 5.98. The number of carbonyl (C=O) groups is 3. The second kappa shape index (κ2) is 6.05. The van der Waals surface area contributed by atoms with E-state index in [1.165, 1.54) is 9.80 Å². The highest BCUT2D eigenvalue weighted by Crippen LogP contribution is 2.13. The first kappa shape index (κ1) is 14.5. The Balaban J connectivity index is 2.01. The van der Waals surface area contributed by atoms with Crippen LogP contribution in [0.15, 0.2) is 24.3 Å². The van der Waals surface area contributed by atoms with Gasteiger partial charge in [-0.3, -0.25) is 14.4 Å². The zero-order chi connectivity index (χ0) is 15.4. The molecule has 1 heterocycles. The van der Waals surface area contributed by atoms with Crippen molar-refractivity contribution in [1.82, 2.24) is 9.80 Å². The van der Waals surface area contributed by atoms with Crippen LogP contribution in [0.2, 0.25) is 0 Å². The van der Waals surface area contributed by atoms with Crippen molar-refractivity contribution < 1.29 is 14.4 Å². The molecule has 0 bridgehead atoms. The molecule has 0 aliphatic carbocycles. The molecule has 7 heteroatoms. The molecule has 0 spiro atoms. The van der Waals surface area contributed by atoms with E-state index >= 15 is 0 Å². The van der Waals surface area contributed by atoms with Crippen LogP contribution in [0.3, 0.4) is 0 Å². The Morgan fingerprint density at radius 3 is 2.71 bits per heavy atom. The van der Waals surface area contributed by atoms with Gasteiger partial charge in [0.1, 0.15) is 19.2 Å². The highest BCUT2D eigenvalue weighted by atomic mass is 16.2. The lowest BCUT2D eigenvalue weighted by molar-refractivity contribution is -0.149. The van der Waals surface area contributed by atoms with Crippen LogP contribution in [0.4, 0.5) is 5.69 Å². The molecule has 1 saturated heterocycles. The average molecular weight is 286 g/mol. The fourth-order valence-corrected chi connectivity index (χ4v) is 1.96. The fraction of sp³-hybridized carbons (Fsp3) is 0.286. The minimum Gasteiger partial charge on any atom is -0.335 e. The molecule has 0 saturated carbocycles. The summed E-state index contributed by atoms with van der Waals surface area (Å²) >= 11 is 0. The van der Waals surface area contributed by atoms with E-state index in [1.54, 1.807) is 31.3 Å². The summed E-state index contributed by atoms with van der Waals surface area (Å²) in [6.45, 7) is -0.346. The monoisotopic (exact) mass is 286 g/mol. The molecule has 0 unspecified atom stereocenters. The van der Waals surface area contributed by atoms with Crippen LogP contribution in [0.5, 0.6) is 0 Å². The van der Waals surface area contributed by atoms with Gasteiger partial charge in [0, 0.05) is 7.05 Å². The molecule has 1 aliphatic rings. The van der Waals surface area contributed by atoms with E-state index in [0.29, 0.717) is 11.3 Å². The maximum absolute atomic E-state index is 11.9. The summed E-state index contributed by atoms with van der Waals surface area (Å²) < 4.78 is 0. The summed E-state index contributed by atoms with van der Waals surface area (Å²) in [5.74, 6) is -0.927. The summed E-state index contributed by atoms with van der Waals surface area (Å²) in [6, 6.07) is 8.54. The third-order valence-electron chi connectivity index (χ3n) is 3.13. The van der Waals surface area contributed by atoms with Crippen molar-refractivity contribution in [3.63, 3.8) is 0 Å². The first-order chi connectivity index (χ1) is 10.0. The largest absolute Gasteiger partial charge is 0.335 e. The maximum atomic E-state index is 11.9. The number of nitriles is 1. The number of rotatable bonds is 3. The van der Waals surface area contributed by atoms with Crippen molar-refractivity contribution in [2.24, 2.45) is 0 Å². The van der Waals surface area contributed by atoms with Crippen molar-refractivity contribution in [3.05, 3.63) is 29.8 Å². The van der Waals surface area contributed by atoms with E-state index < -0.39 is 5.91 Å². The van der Waals surface area contributed by atoms with Gasteiger partial charge in [-0.15, -0.1) is 0 Å². The van der Waals surface area contributed by atoms with Gasteiger partial charge in [0.2, 0.25) is 17.7 Å². The number of carbonyl (C=O) groups excluding carboxylic acids is 3. The van der Waals surface area contributed by atoms with E-state index in [0.717, 1.165) is 0 Å². The van der Waals surface area contributed by atoms with Gasteiger partial charge in [0.05, 0.1) is 17.8 Å². The van der Waals surface area contributed by atoms with Gasteiger partial charge in [0.25, 0.3) is 0 Å². The minimum absolute atomic E-state index is 0.0269. The van der Waals surface area contributed by atoms with Crippen molar-refractivity contribution in [2.45, 2.75) is 0 Å². The second-order valence-corrected chi connectivity index (χ2v) is 4.71. The number of nitrogens with one attached hydrogen (secondary N) is 1. The predicted molar refractivity (Wildman–Crippen MR) is 74.0 cm³/mol. The Labute approximate surface area is 121 Å². The number of likely N-dealkylation sites (N-methyl/N-ethyl adjacent to an activating group) is 1. The third kappa shape index (κ3) is 3.36. The zero-order valence-corrected chi connectivity index (χ0v) is 11.5. The molecule has 1 aromatic carbocycles. The van der Waals surface area contributed by atoms with Crippen molar-refractivity contribution in [3.8, 4) is 6.07 Å². The molecule has 0 atom stereocenters. The Morgan fingerprint density at radius 1 is 1.29 bits per heavy atom. The lowest BCUT2D eigenvalue weighted by atomic mass is 10.2. The molecule has 0 aromatic heterocycles. The van der Waals surface area contributed by atoms with E-state index in [-0.39, 0.29) is 31.4 Å². The first-order valence-electron chi connectivity index (χ1n) is 6.32. The third-order valence-corrected chi connectivity index (χ3v) is 3.13. The topological polar surface area (TPSA) is 93.5 Å². The number of para-hydroxylation sites is 1. The Hall–Kier alpha value is -2.88. The summed E-state index contributed by atoms with van der Waals surface area (Å²) in [5.41, 5.74) is 0.726. The standard InChI is InChI=1S/C14H14N4O3/c1-17-8-14(21)18(9-13(17)20)7-12(19)16-11-5-3-2-4-10(11)6-15/h2-5H,7-9H2,1H3,(H,16,19). The number of piperazine rings is 1. The van der Waals surface area contributed by atoms with E-state index in [9.17, 15) is 14.4 Å². The van der Waals surface area contributed by atoms with Crippen molar-refractivity contribution >= 4 is 23.4 Å². The van der Waals surface area contributed by atoms with Gasteiger partial charge in [-0.2, -0.15) is 5.26 Å². The molecular weight excluding hydrogens is 272 g/mol. The molecule has 2 rings (SSSR count). The molecule has 3 amide bonds. The number of hydrogen-bond acceptors (Lipinski definition) is 4. The predicted octanol–water partition coefficient (Wildman–Crippen LogP) is -0.203. The van der Waals surface area contributed by atoms with Gasteiger partial charge < -0.3 is 15.1 Å². The van der Waals surface area contributed by atoms with Crippen LogP contribution in [0, 0.1) is 11.3 Å². The zero-order valence-electron chi connectivity index (χ0n) is 11.5. The van der Waals surface area contributed by atoms with Crippen molar-refractivity contribution in [1.29, 1.82) is 5.26 Å². The molecule has 7 nitrogen and oxygen atoms in total. The van der Waals surface area contributed by atoms with E-state index in [1.807, 2.05) is 6.07 Å². The Morgan fingerprint density at radius 2 is 2.00 bits per heavy atom. The fourth-order valence-electron chi connectivity index (χ4n) is 1.96. The first-order valence-corrected chi connectivity index (χ1v) is 6.32. The SMILES string of the molecule is CN1CC(=O)N(CC(=O)Nc2ccccc2C#N)CC1=O. The molecule has 1 N–H and O–H groups in total. The van der Waals surface area contributed by atoms with Gasteiger partial charge >= 0.3 is 0 Å². The van der Waals surface area contributed by atoms with E-state index in [4.69, 9.17) is 5.26 Å². The van der Waals surface area contributed by atoms with Crippen LogP contribution in [0.25, 0.3) is 0 Å². The van der Waals surface area contributed by atoms with Crippen molar-refractivity contribution in [2.75, 3.05) is 32.0 Å².